The molecule has 4 nitrogen and oxygen atoms in total. The number of benzene rings is 2. The van der Waals surface area contributed by atoms with Gasteiger partial charge in [0.15, 0.2) is 0 Å². The lowest BCUT2D eigenvalue weighted by Crippen LogP contribution is -1.91. The SMILES string of the molecule is CNc1ccccc1-c1nc(-c2ccccc2Cl)no1. The van der Waals surface area contributed by atoms with Crippen molar-refractivity contribution in [2.24, 2.45) is 0 Å². The summed E-state index contributed by atoms with van der Waals surface area (Å²) in [5.41, 5.74) is 2.55. The third-order valence-electron chi connectivity index (χ3n) is 2.97. The van der Waals surface area contributed by atoms with E-state index in [1.54, 1.807) is 6.07 Å². The van der Waals surface area contributed by atoms with E-state index in [4.69, 9.17) is 16.1 Å². The molecule has 0 fully saturated rings. The van der Waals surface area contributed by atoms with Crippen LogP contribution in [0.4, 0.5) is 5.69 Å². The largest absolute Gasteiger partial charge is 0.387 e. The molecule has 0 spiro atoms. The van der Waals surface area contributed by atoms with Crippen molar-refractivity contribution >= 4 is 17.3 Å². The fourth-order valence-electron chi connectivity index (χ4n) is 1.97. The van der Waals surface area contributed by atoms with Crippen LogP contribution in [0.25, 0.3) is 22.8 Å². The van der Waals surface area contributed by atoms with Crippen LogP contribution >= 0.6 is 11.6 Å². The summed E-state index contributed by atoms with van der Waals surface area (Å²) in [6.07, 6.45) is 0. The second-order valence-corrected chi connectivity index (χ2v) is 4.61. The molecule has 3 aromatic rings. The molecule has 0 bridgehead atoms. The zero-order valence-electron chi connectivity index (χ0n) is 10.8. The number of hydrogen-bond donors (Lipinski definition) is 1. The van der Waals surface area contributed by atoms with Gasteiger partial charge in [-0.05, 0) is 24.3 Å². The van der Waals surface area contributed by atoms with Crippen molar-refractivity contribution in [3.05, 3.63) is 53.6 Å². The van der Waals surface area contributed by atoms with Crippen LogP contribution < -0.4 is 5.32 Å². The summed E-state index contributed by atoms with van der Waals surface area (Å²) in [4.78, 5) is 4.42. The number of anilines is 1. The first-order valence-electron chi connectivity index (χ1n) is 6.15. The highest BCUT2D eigenvalue weighted by Crippen LogP contribution is 2.30. The lowest BCUT2D eigenvalue weighted by atomic mass is 10.1. The molecule has 20 heavy (non-hydrogen) atoms. The topological polar surface area (TPSA) is 51.0 Å². The molecule has 0 amide bonds. The summed E-state index contributed by atoms with van der Waals surface area (Å²) in [6, 6.07) is 15.2. The normalized spacial score (nSPS) is 10.5. The van der Waals surface area contributed by atoms with Crippen LogP contribution in [0.5, 0.6) is 0 Å². The van der Waals surface area contributed by atoms with E-state index in [1.165, 1.54) is 0 Å². The van der Waals surface area contributed by atoms with Gasteiger partial charge in [-0.25, -0.2) is 0 Å². The lowest BCUT2D eigenvalue weighted by Gasteiger charge is -2.03. The summed E-state index contributed by atoms with van der Waals surface area (Å²) in [5.74, 6) is 0.946. The van der Waals surface area contributed by atoms with Crippen molar-refractivity contribution < 1.29 is 4.52 Å². The van der Waals surface area contributed by atoms with E-state index in [1.807, 2.05) is 49.5 Å². The second-order valence-electron chi connectivity index (χ2n) is 4.20. The lowest BCUT2D eigenvalue weighted by molar-refractivity contribution is 0.432. The third kappa shape index (κ3) is 2.26. The van der Waals surface area contributed by atoms with E-state index in [0.717, 1.165) is 16.8 Å². The molecule has 1 aromatic heterocycles. The third-order valence-corrected chi connectivity index (χ3v) is 3.30. The van der Waals surface area contributed by atoms with Gasteiger partial charge in [-0.3, -0.25) is 0 Å². The van der Waals surface area contributed by atoms with E-state index in [9.17, 15) is 0 Å². The maximum absolute atomic E-state index is 6.14. The number of nitrogens with one attached hydrogen (secondary N) is 1. The van der Waals surface area contributed by atoms with Gasteiger partial charge in [0.25, 0.3) is 5.89 Å². The Morgan fingerprint density at radius 1 is 1.00 bits per heavy atom. The van der Waals surface area contributed by atoms with Crippen LogP contribution in [-0.2, 0) is 0 Å². The second kappa shape index (κ2) is 5.35. The highest BCUT2D eigenvalue weighted by Gasteiger charge is 2.14. The number of nitrogens with zero attached hydrogens (tertiary/aromatic N) is 2. The molecule has 0 saturated heterocycles. The number of hydrogen-bond acceptors (Lipinski definition) is 4. The average molecular weight is 286 g/mol. The smallest absolute Gasteiger partial charge is 0.260 e. The molecule has 0 saturated carbocycles. The van der Waals surface area contributed by atoms with Crippen LogP contribution in [0.15, 0.2) is 53.1 Å². The highest BCUT2D eigenvalue weighted by molar-refractivity contribution is 6.33. The Kier molecular flexibility index (Phi) is 3.39. The molecular formula is C15H12ClN3O. The van der Waals surface area contributed by atoms with Gasteiger partial charge >= 0.3 is 0 Å². The minimum atomic E-state index is 0.463. The predicted octanol–water partition coefficient (Wildman–Crippen LogP) is 4.10. The Morgan fingerprint density at radius 3 is 2.45 bits per heavy atom. The Bertz CT molecular complexity index is 739. The number of aromatic nitrogens is 2. The summed E-state index contributed by atoms with van der Waals surface area (Å²) in [5, 5.41) is 7.70. The maximum Gasteiger partial charge on any atom is 0.260 e. The van der Waals surface area contributed by atoms with Gasteiger partial charge < -0.3 is 9.84 Å². The zero-order valence-corrected chi connectivity index (χ0v) is 11.6. The van der Waals surface area contributed by atoms with Crippen LogP contribution in [0, 0.1) is 0 Å². The Balaban J connectivity index is 2.05. The molecule has 0 aliphatic heterocycles. The molecule has 0 unspecified atom stereocenters. The Labute approximate surface area is 121 Å². The fraction of sp³-hybridized carbons (Fsp3) is 0.0667. The summed E-state index contributed by atoms with van der Waals surface area (Å²) in [7, 11) is 1.85. The molecule has 0 atom stereocenters. The molecule has 1 N–H and O–H groups in total. The molecule has 1 heterocycles. The number of rotatable bonds is 3. The number of halogens is 1. The summed E-state index contributed by atoms with van der Waals surface area (Å²) in [6.45, 7) is 0. The maximum atomic E-state index is 6.14. The molecular weight excluding hydrogens is 274 g/mol. The first-order chi connectivity index (χ1) is 9.79. The van der Waals surface area contributed by atoms with E-state index in [2.05, 4.69) is 15.5 Å². The Hall–Kier alpha value is -2.33. The van der Waals surface area contributed by atoms with Gasteiger partial charge in [-0.1, -0.05) is 41.0 Å². The van der Waals surface area contributed by atoms with Crippen LogP contribution in [-0.4, -0.2) is 17.2 Å². The predicted molar refractivity (Wildman–Crippen MR) is 79.7 cm³/mol. The van der Waals surface area contributed by atoms with Crippen LogP contribution in [0.2, 0.25) is 5.02 Å². The molecule has 0 aliphatic rings. The van der Waals surface area contributed by atoms with E-state index in [0.29, 0.717) is 16.7 Å². The molecule has 0 aliphatic carbocycles. The first-order valence-corrected chi connectivity index (χ1v) is 6.53. The van der Waals surface area contributed by atoms with Crippen molar-refractivity contribution in [2.45, 2.75) is 0 Å². The van der Waals surface area contributed by atoms with Gasteiger partial charge in [0.05, 0.1) is 10.6 Å². The van der Waals surface area contributed by atoms with Crippen molar-refractivity contribution in [2.75, 3.05) is 12.4 Å². The molecule has 2 aromatic carbocycles. The van der Waals surface area contributed by atoms with Gasteiger partial charge in [-0.2, -0.15) is 4.98 Å². The standard InChI is InChI=1S/C15H12ClN3O/c1-17-13-9-5-3-7-11(13)15-18-14(19-20-15)10-6-2-4-8-12(10)16/h2-9,17H,1H3. The van der Waals surface area contributed by atoms with Crippen molar-refractivity contribution in [3.8, 4) is 22.8 Å². The van der Waals surface area contributed by atoms with Crippen LogP contribution in [0.3, 0.4) is 0 Å². The van der Waals surface area contributed by atoms with E-state index >= 15 is 0 Å². The van der Waals surface area contributed by atoms with Crippen LogP contribution in [0.1, 0.15) is 0 Å². The van der Waals surface area contributed by atoms with E-state index in [-0.39, 0.29) is 0 Å². The summed E-state index contributed by atoms with van der Waals surface area (Å²) < 4.78 is 5.34. The Morgan fingerprint density at radius 2 is 1.70 bits per heavy atom. The average Bonchev–Trinajstić information content (AvgIpc) is 2.97. The number of para-hydroxylation sites is 1. The van der Waals surface area contributed by atoms with Gasteiger partial charge in [-0.15, -0.1) is 0 Å². The summed E-state index contributed by atoms with van der Waals surface area (Å²) >= 11 is 6.14. The molecule has 3 rings (SSSR count). The molecule has 0 radical (unpaired) electrons. The van der Waals surface area contributed by atoms with E-state index < -0.39 is 0 Å². The van der Waals surface area contributed by atoms with Gasteiger partial charge in [0, 0.05) is 18.3 Å². The zero-order chi connectivity index (χ0) is 13.9. The quantitative estimate of drug-likeness (QED) is 0.787. The minimum absolute atomic E-state index is 0.463. The minimum Gasteiger partial charge on any atom is -0.387 e. The fourth-order valence-corrected chi connectivity index (χ4v) is 2.19. The van der Waals surface area contributed by atoms with Gasteiger partial charge in [0.2, 0.25) is 5.82 Å². The van der Waals surface area contributed by atoms with Crippen molar-refractivity contribution in [3.63, 3.8) is 0 Å². The van der Waals surface area contributed by atoms with Crippen molar-refractivity contribution in [1.82, 2.24) is 10.1 Å². The molecule has 100 valence electrons. The monoisotopic (exact) mass is 285 g/mol. The van der Waals surface area contributed by atoms with Gasteiger partial charge in [0.1, 0.15) is 0 Å². The highest BCUT2D eigenvalue weighted by atomic mass is 35.5. The molecule has 5 heteroatoms. The first kappa shape index (κ1) is 12.7. The van der Waals surface area contributed by atoms with Crippen molar-refractivity contribution in [1.29, 1.82) is 0 Å².